The Labute approximate surface area is 123 Å². The van der Waals surface area contributed by atoms with Crippen molar-refractivity contribution in [3.8, 4) is 5.75 Å². The molecule has 2 rings (SSSR count). The van der Waals surface area contributed by atoms with Crippen molar-refractivity contribution in [1.82, 2.24) is 14.8 Å². The Bertz CT molecular complexity index is 569. The molecule has 108 valence electrons. The Morgan fingerprint density at radius 3 is 2.90 bits per heavy atom. The maximum atomic E-state index is 9.30. The molecular weight excluding hydrogens is 278 g/mol. The molecule has 0 saturated heterocycles. The van der Waals surface area contributed by atoms with Gasteiger partial charge in [-0.3, -0.25) is 0 Å². The maximum absolute atomic E-state index is 9.30. The van der Waals surface area contributed by atoms with Crippen LogP contribution in [0.1, 0.15) is 25.2 Å². The van der Waals surface area contributed by atoms with Gasteiger partial charge >= 0.3 is 0 Å². The fourth-order valence-corrected chi connectivity index (χ4v) is 2.05. The van der Waals surface area contributed by atoms with E-state index in [4.69, 9.17) is 16.3 Å². The van der Waals surface area contributed by atoms with Gasteiger partial charge in [-0.25, -0.2) is 9.67 Å². The van der Waals surface area contributed by atoms with Crippen LogP contribution in [0.15, 0.2) is 24.5 Å². The second-order valence-electron chi connectivity index (χ2n) is 4.95. The third-order valence-electron chi connectivity index (χ3n) is 2.78. The van der Waals surface area contributed by atoms with Crippen LogP contribution in [0.4, 0.5) is 0 Å². The lowest BCUT2D eigenvalue weighted by molar-refractivity contribution is 0.251. The number of hydrogen-bond donors (Lipinski definition) is 1. The Morgan fingerprint density at radius 2 is 2.20 bits per heavy atom. The molecule has 1 aromatic heterocycles. The zero-order chi connectivity index (χ0) is 14.5. The summed E-state index contributed by atoms with van der Waals surface area (Å²) in [7, 11) is 0. The predicted molar refractivity (Wildman–Crippen MR) is 76.6 cm³/mol. The molecule has 1 heterocycles. The fourth-order valence-electron chi connectivity index (χ4n) is 1.85. The number of aliphatic hydroxyl groups is 1. The zero-order valence-corrected chi connectivity index (χ0v) is 12.3. The summed E-state index contributed by atoms with van der Waals surface area (Å²) < 4.78 is 7.54. The molecule has 0 aliphatic carbocycles. The molecule has 0 spiro atoms. The van der Waals surface area contributed by atoms with Gasteiger partial charge in [0.2, 0.25) is 0 Å². The van der Waals surface area contributed by atoms with Crippen LogP contribution in [-0.4, -0.2) is 19.9 Å². The molecule has 20 heavy (non-hydrogen) atoms. The Morgan fingerprint density at radius 1 is 1.40 bits per heavy atom. The largest absolute Gasteiger partial charge is 0.485 e. The molecular formula is C14H18ClN3O2. The third kappa shape index (κ3) is 3.71. The first-order chi connectivity index (χ1) is 9.60. The van der Waals surface area contributed by atoms with Gasteiger partial charge in [0.05, 0.1) is 6.61 Å². The average molecular weight is 296 g/mol. The minimum Gasteiger partial charge on any atom is -0.485 e. The lowest BCUT2D eigenvalue weighted by atomic mass is 10.2. The van der Waals surface area contributed by atoms with Gasteiger partial charge in [0.25, 0.3) is 0 Å². The number of nitrogens with zero attached hydrogens (tertiary/aromatic N) is 3. The van der Waals surface area contributed by atoms with Gasteiger partial charge in [-0.1, -0.05) is 25.4 Å². The monoisotopic (exact) mass is 295 g/mol. The molecule has 1 aromatic carbocycles. The number of aromatic nitrogens is 3. The second kappa shape index (κ2) is 6.72. The summed E-state index contributed by atoms with van der Waals surface area (Å²) in [6.07, 6.45) is 1.52. The van der Waals surface area contributed by atoms with Crippen LogP contribution in [0.5, 0.6) is 5.75 Å². The minimum absolute atomic E-state index is 0.116. The van der Waals surface area contributed by atoms with E-state index in [0.29, 0.717) is 28.9 Å². The van der Waals surface area contributed by atoms with Crippen LogP contribution in [0.3, 0.4) is 0 Å². The van der Waals surface area contributed by atoms with Crippen LogP contribution in [-0.2, 0) is 19.8 Å². The highest BCUT2D eigenvalue weighted by Gasteiger charge is 2.09. The summed E-state index contributed by atoms with van der Waals surface area (Å²) >= 11 is 5.88. The molecule has 0 aliphatic rings. The Balaban J connectivity index is 2.07. The molecule has 1 N–H and O–H groups in total. The topological polar surface area (TPSA) is 60.2 Å². The Hall–Kier alpha value is -1.59. The maximum Gasteiger partial charge on any atom is 0.164 e. The van der Waals surface area contributed by atoms with E-state index in [1.165, 1.54) is 6.33 Å². The fraction of sp³-hybridized carbons (Fsp3) is 0.429. The van der Waals surface area contributed by atoms with Gasteiger partial charge in [0.1, 0.15) is 18.7 Å². The van der Waals surface area contributed by atoms with Crippen molar-refractivity contribution in [2.24, 2.45) is 5.92 Å². The van der Waals surface area contributed by atoms with Gasteiger partial charge in [-0.15, -0.1) is 0 Å². The second-order valence-corrected chi connectivity index (χ2v) is 5.39. The van der Waals surface area contributed by atoms with Crippen molar-refractivity contribution in [2.45, 2.75) is 33.6 Å². The standard InChI is InChI=1S/C14H18ClN3O2/c1-10(2)6-18-14(16-9-17-18)8-20-13-4-3-12(15)5-11(13)7-19/h3-5,9-10,19H,6-8H2,1-2H3. The number of aliphatic hydroxyl groups excluding tert-OH is 1. The van der Waals surface area contributed by atoms with Crippen molar-refractivity contribution < 1.29 is 9.84 Å². The van der Waals surface area contributed by atoms with E-state index in [1.807, 2.05) is 4.68 Å². The van der Waals surface area contributed by atoms with Crippen molar-refractivity contribution in [3.05, 3.63) is 40.9 Å². The van der Waals surface area contributed by atoms with Crippen molar-refractivity contribution in [3.63, 3.8) is 0 Å². The average Bonchev–Trinajstić information content (AvgIpc) is 2.83. The smallest absolute Gasteiger partial charge is 0.164 e. The van der Waals surface area contributed by atoms with E-state index in [-0.39, 0.29) is 6.61 Å². The molecule has 0 radical (unpaired) electrons. The zero-order valence-electron chi connectivity index (χ0n) is 11.6. The van der Waals surface area contributed by atoms with Crippen LogP contribution >= 0.6 is 11.6 Å². The predicted octanol–water partition coefficient (Wildman–Crippen LogP) is 2.66. The molecule has 0 aliphatic heterocycles. The van der Waals surface area contributed by atoms with E-state index in [0.717, 1.165) is 12.4 Å². The van der Waals surface area contributed by atoms with Crippen LogP contribution in [0.2, 0.25) is 5.02 Å². The van der Waals surface area contributed by atoms with Crippen molar-refractivity contribution in [2.75, 3.05) is 0 Å². The number of ether oxygens (including phenoxy) is 1. The van der Waals surface area contributed by atoms with E-state index in [1.54, 1.807) is 18.2 Å². The highest BCUT2D eigenvalue weighted by Crippen LogP contribution is 2.23. The van der Waals surface area contributed by atoms with Gasteiger partial charge in [0.15, 0.2) is 5.82 Å². The van der Waals surface area contributed by atoms with E-state index < -0.39 is 0 Å². The number of halogens is 1. The summed E-state index contributed by atoms with van der Waals surface area (Å²) in [6, 6.07) is 5.17. The van der Waals surface area contributed by atoms with Crippen LogP contribution in [0.25, 0.3) is 0 Å². The first-order valence-electron chi connectivity index (χ1n) is 6.49. The summed E-state index contributed by atoms with van der Waals surface area (Å²) in [5, 5.41) is 14.1. The highest BCUT2D eigenvalue weighted by molar-refractivity contribution is 6.30. The molecule has 0 unspecified atom stereocenters. The molecule has 6 heteroatoms. The summed E-state index contributed by atoms with van der Waals surface area (Å²) in [6.45, 7) is 5.23. The van der Waals surface area contributed by atoms with Gasteiger partial charge in [-0.2, -0.15) is 5.10 Å². The van der Waals surface area contributed by atoms with Crippen molar-refractivity contribution >= 4 is 11.6 Å². The van der Waals surface area contributed by atoms with Crippen LogP contribution in [0, 0.1) is 5.92 Å². The molecule has 0 fully saturated rings. The van der Waals surface area contributed by atoms with Gasteiger partial charge < -0.3 is 9.84 Å². The minimum atomic E-state index is -0.116. The first kappa shape index (κ1) is 14.8. The van der Waals surface area contributed by atoms with Crippen LogP contribution < -0.4 is 4.74 Å². The molecule has 5 nitrogen and oxygen atoms in total. The molecule has 0 bridgehead atoms. The summed E-state index contributed by atoms with van der Waals surface area (Å²) in [5.74, 6) is 1.85. The highest BCUT2D eigenvalue weighted by atomic mass is 35.5. The SMILES string of the molecule is CC(C)Cn1ncnc1COc1ccc(Cl)cc1CO. The lowest BCUT2D eigenvalue weighted by Gasteiger charge is -2.12. The first-order valence-corrected chi connectivity index (χ1v) is 6.86. The molecule has 0 saturated carbocycles. The quantitative estimate of drug-likeness (QED) is 0.890. The number of hydrogen-bond acceptors (Lipinski definition) is 4. The normalized spacial score (nSPS) is 11.1. The van der Waals surface area contributed by atoms with E-state index in [2.05, 4.69) is 23.9 Å². The third-order valence-corrected chi connectivity index (χ3v) is 3.02. The molecule has 2 aromatic rings. The summed E-state index contributed by atoms with van der Waals surface area (Å²) in [5.41, 5.74) is 0.660. The molecule has 0 amide bonds. The van der Waals surface area contributed by atoms with Crippen molar-refractivity contribution in [1.29, 1.82) is 0 Å². The van der Waals surface area contributed by atoms with E-state index >= 15 is 0 Å². The lowest BCUT2D eigenvalue weighted by Crippen LogP contribution is -2.12. The van der Waals surface area contributed by atoms with E-state index in [9.17, 15) is 5.11 Å². The number of benzene rings is 1. The molecule has 0 atom stereocenters. The Kier molecular flexibility index (Phi) is 4.98. The number of rotatable bonds is 6. The summed E-state index contributed by atoms with van der Waals surface area (Å²) in [4.78, 5) is 4.20. The van der Waals surface area contributed by atoms with Gasteiger partial charge in [0, 0.05) is 17.1 Å². The van der Waals surface area contributed by atoms with Gasteiger partial charge in [-0.05, 0) is 24.1 Å².